The molecule has 310 valence electrons. The Bertz CT molecular complexity index is 1640. The summed E-state index contributed by atoms with van der Waals surface area (Å²) in [7, 11) is -5.72. The van der Waals surface area contributed by atoms with Crippen molar-refractivity contribution in [3.63, 3.8) is 0 Å². The van der Waals surface area contributed by atoms with Crippen LogP contribution in [0.5, 0.6) is 0 Å². The van der Waals surface area contributed by atoms with Gasteiger partial charge in [-0.05, 0) is 184 Å². The van der Waals surface area contributed by atoms with Gasteiger partial charge in [0.25, 0.3) is 0 Å². The SMILES string of the molecule is CCCCC1=CC2CC1C1C(=O)N(C3CCC(CC4CCC(N5C(=O)C6C7C=C(CCC[Si](C)(C)O[Si](C)(C)O[Si](C)(C)C)C(C7)C6C5=O)CC4)CC3)C(=O)C21. The van der Waals surface area contributed by atoms with Gasteiger partial charge in [0.15, 0.2) is 16.6 Å². The van der Waals surface area contributed by atoms with Crippen LogP contribution in [0.2, 0.25) is 51.9 Å². The molecule has 8 rings (SSSR count). The number of unbranched alkanes of at least 4 members (excludes halogenated alkanes) is 1. The van der Waals surface area contributed by atoms with Gasteiger partial charge in [0, 0.05) is 12.1 Å². The Balaban J connectivity index is 0.778. The molecular formula is C45H72N2O6Si3. The van der Waals surface area contributed by atoms with Crippen LogP contribution in [0.15, 0.2) is 23.3 Å². The van der Waals surface area contributed by atoms with Crippen LogP contribution in [0.1, 0.15) is 110 Å². The molecule has 0 aromatic heterocycles. The average molecular weight is 821 g/mol. The van der Waals surface area contributed by atoms with E-state index < -0.39 is 25.2 Å². The molecule has 6 fully saturated rings. The Labute approximate surface area is 340 Å². The molecule has 2 aliphatic heterocycles. The quantitative estimate of drug-likeness (QED) is 0.0929. The summed E-state index contributed by atoms with van der Waals surface area (Å²) in [4.78, 5) is 59.0. The number of fused-ring (bicyclic) bond motifs is 10. The molecule has 0 radical (unpaired) electrons. The predicted octanol–water partition coefficient (Wildman–Crippen LogP) is 9.59. The van der Waals surface area contributed by atoms with Crippen LogP contribution < -0.4 is 0 Å². The smallest absolute Gasteiger partial charge is 0.311 e. The molecule has 8 atom stereocenters. The summed E-state index contributed by atoms with van der Waals surface area (Å²) < 4.78 is 13.2. The zero-order valence-electron chi connectivity index (χ0n) is 35.9. The van der Waals surface area contributed by atoms with Gasteiger partial charge in [-0.15, -0.1) is 0 Å². The first kappa shape index (κ1) is 41.1. The molecular weight excluding hydrogens is 749 g/mol. The summed E-state index contributed by atoms with van der Waals surface area (Å²) in [6, 6.07) is 1.23. The number of nitrogens with zero attached hydrogens (tertiary/aromatic N) is 2. The van der Waals surface area contributed by atoms with Crippen molar-refractivity contribution < 1.29 is 27.4 Å². The minimum atomic E-state index is -2.17. The van der Waals surface area contributed by atoms with Gasteiger partial charge in [-0.3, -0.25) is 29.0 Å². The van der Waals surface area contributed by atoms with E-state index in [1.165, 1.54) is 30.4 Å². The third-order valence-electron chi connectivity index (χ3n) is 15.7. The molecule has 4 saturated carbocycles. The summed E-state index contributed by atoms with van der Waals surface area (Å²) in [5.74, 6) is 2.42. The lowest BCUT2D eigenvalue weighted by atomic mass is 9.75. The highest BCUT2D eigenvalue weighted by Gasteiger charge is 2.63. The first-order valence-electron chi connectivity index (χ1n) is 23.0. The summed E-state index contributed by atoms with van der Waals surface area (Å²) in [5, 5.41) is 0. The maximum atomic E-state index is 14.1. The first-order chi connectivity index (χ1) is 26.4. The lowest BCUT2D eigenvalue weighted by Crippen LogP contribution is -2.51. The van der Waals surface area contributed by atoms with Crippen molar-refractivity contribution in [3.8, 4) is 0 Å². The maximum absolute atomic E-state index is 14.1. The number of hydrogen-bond acceptors (Lipinski definition) is 6. The summed E-state index contributed by atoms with van der Waals surface area (Å²) in [6.45, 7) is 18.0. The first-order valence-corrected chi connectivity index (χ1v) is 32.3. The van der Waals surface area contributed by atoms with E-state index in [-0.39, 0.29) is 77.1 Å². The van der Waals surface area contributed by atoms with Crippen molar-refractivity contribution in [2.75, 3.05) is 0 Å². The van der Waals surface area contributed by atoms with Gasteiger partial charge in [0.05, 0.1) is 23.7 Å². The third kappa shape index (κ3) is 7.76. The molecule has 0 aromatic carbocycles. The second kappa shape index (κ2) is 15.4. The topological polar surface area (TPSA) is 93.2 Å². The largest absolute Gasteiger partial charge is 0.437 e. The normalized spacial score (nSPS) is 38.2. The molecule has 2 saturated heterocycles. The molecule has 6 aliphatic carbocycles. The number of carbonyl (C=O) groups excluding carboxylic acids is 4. The predicted molar refractivity (Wildman–Crippen MR) is 227 cm³/mol. The van der Waals surface area contributed by atoms with Gasteiger partial charge in [-0.1, -0.05) is 36.6 Å². The number of amides is 4. The van der Waals surface area contributed by atoms with Crippen molar-refractivity contribution >= 4 is 48.8 Å². The van der Waals surface area contributed by atoms with Gasteiger partial charge in [-0.25, -0.2) is 0 Å². The highest BCUT2D eigenvalue weighted by Crippen LogP contribution is 2.59. The van der Waals surface area contributed by atoms with E-state index in [9.17, 15) is 19.2 Å². The van der Waals surface area contributed by atoms with Crippen molar-refractivity contribution in [1.29, 1.82) is 0 Å². The third-order valence-corrected chi connectivity index (χ3v) is 25.8. The second-order valence-corrected chi connectivity index (χ2v) is 34.4. The van der Waals surface area contributed by atoms with Crippen LogP contribution in [0.3, 0.4) is 0 Å². The molecule has 4 bridgehead atoms. The summed E-state index contributed by atoms with van der Waals surface area (Å²) in [6.07, 6.45) is 21.6. The molecule has 8 nitrogen and oxygen atoms in total. The molecule has 8 unspecified atom stereocenters. The molecule has 0 N–H and O–H groups in total. The lowest BCUT2D eigenvalue weighted by molar-refractivity contribution is -0.145. The van der Waals surface area contributed by atoms with Gasteiger partial charge < -0.3 is 8.23 Å². The molecule has 8 aliphatic rings. The van der Waals surface area contributed by atoms with Crippen LogP contribution in [0, 0.1) is 59.2 Å². The Kier molecular flexibility index (Phi) is 11.3. The van der Waals surface area contributed by atoms with E-state index in [0.29, 0.717) is 17.8 Å². The van der Waals surface area contributed by atoms with E-state index in [4.69, 9.17) is 8.23 Å². The number of rotatable bonds is 15. The maximum Gasteiger partial charge on any atom is 0.311 e. The van der Waals surface area contributed by atoms with Crippen LogP contribution in [0.25, 0.3) is 0 Å². The molecule has 4 amide bonds. The lowest BCUT2D eigenvalue weighted by Gasteiger charge is -2.38. The number of allylic oxidation sites excluding steroid dienone is 4. The Hall–Kier alpha value is -1.67. The molecule has 0 aromatic rings. The summed E-state index contributed by atoms with van der Waals surface area (Å²) >= 11 is 0. The minimum Gasteiger partial charge on any atom is -0.437 e. The number of likely N-dealkylation sites (tertiary alicyclic amines) is 2. The molecule has 56 heavy (non-hydrogen) atoms. The second-order valence-electron chi connectivity index (χ2n) is 21.7. The standard InChI is InChI=1S/C45H72N2O6Si3/c1-9-10-12-30-24-32-26-36(30)40-38(32)42(48)46(44(40)50)34-18-14-28(15-19-34)23-29-16-20-35(21-17-29)47-43(49)39-33-25-31(37(27-33)41(39)45(47)51)13-11-22-55(5,6)53-56(7,8)52-54(2,3)4/h24-25,28-29,32-41H,9-23,26-27H2,1-8H3. The molecule has 2 heterocycles. The fourth-order valence-corrected chi connectivity index (χ4v) is 27.1. The van der Waals surface area contributed by atoms with Crippen LogP contribution in [-0.2, 0) is 27.4 Å². The van der Waals surface area contributed by atoms with E-state index in [1.54, 1.807) is 9.80 Å². The van der Waals surface area contributed by atoms with Crippen molar-refractivity contribution in [1.82, 2.24) is 9.80 Å². The van der Waals surface area contributed by atoms with Crippen molar-refractivity contribution in [3.05, 3.63) is 23.3 Å². The Morgan fingerprint density at radius 1 is 0.589 bits per heavy atom. The number of imide groups is 2. The number of carbonyl (C=O) groups is 4. The highest BCUT2D eigenvalue weighted by molar-refractivity contribution is 6.87. The van der Waals surface area contributed by atoms with Crippen LogP contribution >= 0.6 is 0 Å². The average Bonchev–Trinajstić information content (AvgIpc) is 3.95. The van der Waals surface area contributed by atoms with E-state index in [0.717, 1.165) is 89.5 Å². The van der Waals surface area contributed by atoms with E-state index in [1.807, 2.05) is 0 Å². The Morgan fingerprint density at radius 3 is 1.45 bits per heavy atom. The van der Waals surface area contributed by atoms with Gasteiger partial charge in [0.2, 0.25) is 23.6 Å². The van der Waals surface area contributed by atoms with E-state index >= 15 is 0 Å². The fraction of sp³-hybridized carbons (Fsp3) is 0.822. The molecule has 11 heteroatoms. The Morgan fingerprint density at radius 2 is 1.02 bits per heavy atom. The zero-order chi connectivity index (χ0) is 39.9. The minimum absolute atomic E-state index is 0.0594. The summed E-state index contributed by atoms with van der Waals surface area (Å²) in [5.41, 5.74) is 2.89. The van der Waals surface area contributed by atoms with Crippen LogP contribution in [-0.4, -0.2) is 70.7 Å². The van der Waals surface area contributed by atoms with Crippen molar-refractivity contribution in [2.45, 2.75) is 174 Å². The van der Waals surface area contributed by atoms with Gasteiger partial charge in [-0.2, -0.15) is 0 Å². The number of hydrogen-bond donors (Lipinski definition) is 0. The van der Waals surface area contributed by atoms with E-state index in [2.05, 4.69) is 64.9 Å². The fourth-order valence-electron chi connectivity index (χ4n) is 13.9. The van der Waals surface area contributed by atoms with Gasteiger partial charge >= 0.3 is 8.56 Å². The van der Waals surface area contributed by atoms with Gasteiger partial charge in [0.1, 0.15) is 0 Å². The van der Waals surface area contributed by atoms with Crippen molar-refractivity contribution in [2.24, 2.45) is 59.2 Å². The zero-order valence-corrected chi connectivity index (χ0v) is 38.9. The highest BCUT2D eigenvalue weighted by atomic mass is 28.5. The van der Waals surface area contributed by atoms with Crippen LogP contribution in [0.4, 0.5) is 0 Å². The molecule has 0 spiro atoms. The monoisotopic (exact) mass is 820 g/mol.